The summed E-state index contributed by atoms with van der Waals surface area (Å²) in [5.74, 6) is -0.149. The van der Waals surface area contributed by atoms with Crippen LogP contribution in [0.25, 0.3) is 0 Å². The van der Waals surface area contributed by atoms with Gasteiger partial charge in [0.1, 0.15) is 38.8 Å². The van der Waals surface area contributed by atoms with Crippen LogP contribution in [-0.4, -0.2) is 57.1 Å². The van der Waals surface area contributed by atoms with Crippen LogP contribution in [0.15, 0.2) is 24.3 Å². The van der Waals surface area contributed by atoms with Crippen LogP contribution in [0.5, 0.6) is 0 Å². The van der Waals surface area contributed by atoms with Crippen molar-refractivity contribution in [3.63, 3.8) is 0 Å². The number of carbonyl (C=O) groups excluding carboxylic acids is 2. The Labute approximate surface area is 156 Å². The van der Waals surface area contributed by atoms with E-state index in [2.05, 4.69) is 41.8 Å². The zero-order chi connectivity index (χ0) is 18.9. The molecule has 1 aliphatic rings. The monoisotopic (exact) mass is 362 g/mol. The summed E-state index contributed by atoms with van der Waals surface area (Å²) in [5, 5.41) is 5.62. The first kappa shape index (κ1) is 20.4. The molecule has 6 nitrogen and oxygen atoms in total. The van der Waals surface area contributed by atoms with E-state index in [1.54, 1.807) is 11.8 Å². The molecule has 6 heteroatoms. The van der Waals surface area contributed by atoms with Gasteiger partial charge >= 0.3 is 0 Å². The molecule has 0 radical (unpaired) electrons. The highest BCUT2D eigenvalue weighted by Gasteiger charge is 2.26. The third kappa shape index (κ3) is 6.77. The summed E-state index contributed by atoms with van der Waals surface area (Å²) in [4.78, 5) is 26.9. The Bertz CT molecular complexity index is 597. The predicted octanol–water partition coefficient (Wildman–Crippen LogP) is -1.69. The van der Waals surface area contributed by atoms with Gasteiger partial charge in [-0.05, 0) is 20.3 Å². The molecule has 144 valence electrons. The highest BCUT2D eigenvalue weighted by atomic mass is 16.2. The minimum absolute atomic E-state index is 0.0405. The zero-order valence-corrected chi connectivity index (χ0v) is 16.4. The quantitative estimate of drug-likeness (QED) is 0.446. The average Bonchev–Trinajstić information content (AvgIpc) is 2.61. The molecule has 2 rings (SSSR count). The Morgan fingerprint density at radius 2 is 1.85 bits per heavy atom. The molecular weight excluding hydrogens is 328 g/mol. The molecule has 1 aromatic rings. The summed E-state index contributed by atoms with van der Waals surface area (Å²) in [5.41, 5.74) is 2.69. The van der Waals surface area contributed by atoms with Crippen LogP contribution in [0, 0.1) is 6.92 Å². The minimum atomic E-state index is -0.471. The molecule has 0 aromatic heterocycles. The lowest BCUT2D eigenvalue weighted by molar-refractivity contribution is -1.02. The number of hydrogen-bond acceptors (Lipinski definition) is 2. The van der Waals surface area contributed by atoms with E-state index in [-0.39, 0.29) is 11.8 Å². The van der Waals surface area contributed by atoms with Crippen molar-refractivity contribution < 1.29 is 19.4 Å². The number of piperazine rings is 1. The second-order valence-electron chi connectivity index (χ2n) is 7.42. The summed E-state index contributed by atoms with van der Waals surface area (Å²) in [6, 6.07) is 8.22. The normalized spacial score (nSPS) is 21.0. The summed E-state index contributed by atoms with van der Waals surface area (Å²) in [6.07, 6.45) is 0.895. The fraction of sp³-hybridized carbons (Fsp3) is 0.600. The first-order chi connectivity index (χ1) is 12.5. The fourth-order valence-electron chi connectivity index (χ4n) is 3.41. The molecule has 1 aliphatic heterocycles. The molecule has 1 saturated heterocycles. The Balaban J connectivity index is 1.69. The lowest BCUT2D eigenvalue weighted by Crippen LogP contribution is -3.28. The van der Waals surface area contributed by atoms with Crippen molar-refractivity contribution >= 4 is 11.8 Å². The maximum Gasteiger partial charge on any atom is 0.275 e. The Hall–Kier alpha value is -1.92. The van der Waals surface area contributed by atoms with Crippen LogP contribution in [0.2, 0.25) is 0 Å². The number of nitrogens with one attached hydrogen (secondary N) is 4. The van der Waals surface area contributed by atoms with Crippen molar-refractivity contribution in [2.75, 3.05) is 39.3 Å². The molecule has 26 heavy (non-hydrogen) atoms. The predicted molar refractivity (Wildman–Crippen MR) is 102 cm³/mol. The molecule has 1 heterocycles. The largest absolute Gasteiger partial charge is 0.354 e. The zero-order valence-electron chi connectivity index (χ0n) is 16.4. The Kier molecular flexibility index (Phi) is 8.06. The van der Waals surface area contributed by atoms with E-state index in [0.29, 0.717) is 13.1 Å². The number of amides is 2. The van der Waals surface area contributed by atoms with E-state index >= 15 is 0 Å². The summed E-state index contributed by atoms with van der Waals surface area (Å²) >= 11 is 0. The van der Waals surface area contributed by atoms with Gasteiger partial charge in [0.15, 0.2) is 6.54 Å². The number of benzene rings is 1. The first-order valence-corrected chi connectivity index (χ1v) is 9.77. The van der Waals surface area contributed by atoms with Crippen molar-refractivity contribution in [3.05, 3.63) is 35.4 Å². The molecule has 0 bridgehead atoms. The molecule has 4 N–H and O–H groups in total. The van der Waals surface area contributed by atoms with Gasteiger partial charge in [0.25, 0.3) is 5.91 Å². The maximum absolute atomic E-state index is 12.2. The number of rotatable bonds is 8. The Morgan fingerprint density at radius 1 is 1.15 bits per heavy atom. The van der Waals surface area contributed by atoms with Crippen molar-refractivity contribution in [1.29, 1.82) is 0 Å². The maximum atomic E-state index is 12.2. The van der Waals surface area contributed by atoms with Gasteiger partial charge in [-0.25, -0.2) is 0 Å². The van der Waals surface area contributed by atoms with Crippen LogP contribution < -0.4 is 20.4 Å². The van der Waals surface area contributed by atoms with E-state index in [1.807, 2.05) is 6.92 Å². The van der Waals surface area contributed by atoms with Gasteiger partial charge in [0, 0.05) is 12.1 Å². The smallest absolute Gasteiger partial charge is 0.275 e. The third-order valence-corrected chi connectivity index (χ3v) is 4.93. The molecule has 0 unspecified atom stereocenters. The molecule has 1 fully saturated rings. The molecule has 0 aliphatic carbocycles. The fourth-order valence-corrected chi connectivity index (χ4v) is 3.41. The lowest BCUT2D eigenvalue weighted by atomic mass is 10.1. The number of aryl methyl sites for hydroxylation is 1. The van der Waals surface area contributed by atoms with E-state index in [1.165, 1.54) is 16.0 Å². The third-order valence-electron chi connectivity index (χ3n) is 4.93. The van der Waals surface area contributed by atoms with Crippen LogP contribution in [-0.2, 0) is 16.1 Å². The van der Waals surface area contributed by atoms with Gasteiger partial charge in [-0.1, -0.05) is 36.8 Å². The number of carbonyl (C=O) groups is 2. The van der Waals surface area contributed by atoms with Crippen molar-refractivity contribution in [3.8, 4) is 0 Å². The van der Waals surface area contributed by atoms with Crippen LogP contribution in [0.3, 0.4) is 0 Å². The van der Waals surface area contributed by atoms with Crippen molar-refractivity contribution in [1.82, 2.24) is 10.6 Å². The van der Waals surface area contributed by atoms with Crippen LogP contribution in [0.1, 0.15) is 31.4 Å². The number of quaternary nitrogens is 2. The summed E-state index contributed by atoms with van der Waals surface area (Å²) in [6.45, 7) is 12.1. The Morgan fingerprint density at radius 3 is 2.50 bits per heavy atom. The second-order valence-corrected chi connectivity index (χ2v) is 7.42. The van der Waals surface area contributed by atoms with Gasteiger partial charge in [-0.3, -0.25) is 9.59 Å². The van der Waals surface area contributed by atoms with Gasteiger partial charge in [-0.15, -0.1) is 0 Å². The molecule has 2 amide bonds. The highest BCUT2D eigenvalue weighted by Crippen LogP contribution is 2.01. The van der Waals surface area contributed by atoms with Gasteiger partial charge in [-0.2, -0.15) is 0 Å². The van der Waals surface area contributed by atoms with Crippen molar-refractivity contribution in [2.45, 2.75) is 39.8 Å². The lowest BCUT2D eigenvalue weighted by Gasteiger charge is -2.29. The molecule has 1 atom stereocenters. The van der Waals surface area contributed by atoms with Crippen molar-refractivity contribution in [2.24, 2.45) is 0 Å². The topological polar surface area (TPSA) is 67.1 Å². The summed E-state index contributed by atoms with van der Waals surface area (Å²) in [7, 11) is 0. The number of hydrogen-bond donors (Lipinski definition) is 4. The molecular formula is C20H34N4O2+2. The van der Waals surface area contributed by atoms with Crippen LogP contribution >= 0.6 is 0 Å². The van der Waals surface area contributed by atoms with Crippen LogP contribution in [0.4, 0.5) is 0 Å². The van der Waals surface area contributed by atoms with E-state index in [9.17, 15) is 9.59 Å². The highest BCUT2D eigenvalue weighted by molar-refractivity contribution is 5.87. The van der Waals surface area contributed by atoms with E-state index in [4.69, 9.17) is 0 Å². The first-order valence-electron chi connectivity index (χ1n) is 9.77. The second kappa shape index (κ2) is 10.3. The minimum Gasteiger partial charge on any atom is -0.354 e. The average molecular weight is 363 g/mol. The van der Waals surface area contributed by atoms with E-state index < -0.39 is 6.04 Å². The van der Waals surface area contributed by atoms with Gasteiger partial charge in [0.05, 0.1) is 0 Å². The van der Waals surface area contributed by atoms with Gasteiger partial charge < -0.3 is 20.4 Å². The molecule has 0 saturated carbocycles. The molecule has 0 spiro atoms. The van der Waals surface area contributed by atoms with Gasteiger partial charge in [0.2, 0.25) is 5.91 Å². The van der Waals surface area contributed by atoms with E-state index in [0.717, 1.165) is 39.1 Å². The molecule has 1 aromatic carbocycles. The standard InChI is InChI=1S/C20H32N4O2/c1-4-8-21-20(26)17(3)22-19(25)15-24-11-9-23(10-12-24)14-18-7-5-6-16(2)13-18/h5-7,13,17H,4,8-12,14-15H2,1-3H3,(H,21,26)(H,22,25)/p+2/t17-/m0/s1. The SMILES string of the molecule is CCCNC(=O)[C@H](C)NC(=O)C[NH+]1CC[NH+](Cc2cccc(C)c2)CC1. The summed E-state index contributed by atoms with van der Waals surface area (Å²) < 4.78 is 0.